The lowest BCUT2D eigenvalue weighted by Gasteiger charge is -2.06. The van der Waals surface area contributed by atoms with Crippen molar-refractivity contribution in [1.82, 2.24) is 0 Å². The highest BCUT2D eigenvalue weighted by atomic mass is 16.5. The molecule has 1 rings (SSSR count). The van der Waals surface area contributed by atoms with Crippen LogP contribution >= 0.6 is 0 Å². The first-order chi connectivity index (χ1) is 8.83. The fraction of sp³-hybridized carbons (Fsp3) is 0.933. The van der Waals surface area contributed by atoms with Gasteiger partial charge in [-0.15, -0.1) is 0 Å². The standard InChI is InChI=1S/C15H29NO2/c1-3-4-5-6-7-8-9-10-11-17-12-15-13-18-14(2)16-15/h15H,3-13H2,1-2H3. The van der Waals surface area contributed by atoms with Gasteiger partial charge < -0.3 is 9.47 Å². The van der Waals surface area contributed by atoms with Crippen molar-refractivity contribution in [3.63, 3.8) is 0 Å². The lowest BCUT2D eigenvalue weighted by molar-refractivity contribution is 0.109. The van der Waals surface area contributed by atoms with E-state index in [1.165, 1.54) is 51.4 Å². The minimum Gasteiger partial charge on any atom is -0.479 e. The highest BCUT2D eigenvalue weighted by Gasteiger charge is 2.15. The third-order valence-corrected chi connectivity index (χ3v) is 3.30. The molecular weight excluding hydrogens is 226 g/mol. The van der Waals surface area contributed by atoms with Crippen LogP contribution in [0.25, 0.3) is 0 Å². The highest BCUT2D eigenvalue weighted by molar-refractivity contribution is 5.74. The van der Waals surface area contributed by atoms with Crippen LogP contribution in [0.1, 0.15) is 65.2 Å². The van der Waals surface area contributed by atoms with E-state index in [1.54, 1.807) is 0 Å². The van der Waals surface area contributed by atoms with Crippen molar-refractivity contribution in [2.75, 3.05) is 19.8 Å². The number of rotatable bonds is 11. The average Bonchev–Trinajstić information content (AvgIpc) is 2.77. The molecule has 0 radical (unpaired) electrons. The summed E-state index contributed by atoms with van der Waals surface area (Å²) < 4.78 is 10.9. The van der Waals surface area contributed by atoms with Gasteiger partial charge in [0.25, 0.3) is 0 Å². The molecule has 0 spiro atoms. The lowest BCUT2D eigenvalue weighted by Crippen LogP contribution is -2.15. The molecule has 3 heteroatoms. The van der Waals surface area contributed by atoms with Crippen molar-refractivity contribution in [3.8, 4) is 0 Å². The van der Waals surface area contributed by atoms with Crippen LogP contribution in [0, 0.1) is 0 Å². The largest absolute Gasteiger partial charge is 0.479 e. The molecule has 3 nitrogen and oxygen atoms in total. The predicted octanol–water partition coefficient (Wildman–Crippen LogP) is 3.96. The normalized spacial score (nSPS) is 18.8. The SMILES string of the molecule is CCCCCCCCCCOCC1COC(C)=N1. The molecular formula is C15H29NO2. The molecule has 1 aliphatic heterocycles. The molecule has 0 aromatic heterocycles. The van der Waals surface area contributed by atoms with Crippen molar-refractivity contribution in [3.05, 3.63) is 0 Å². The molecule has 0 saturated heterocycles. The van der Waals surface area contributed by atoms with Gasteiger partial charge in [0.2, 0.25) is 0 Å². The van der Waals surface area contributed by atoms with E-state index < -0.39 is 0 Å². The van der Waals surface area contributed by atoms with Crippen LogP contribution < -0.4 is 0 Å². The number of unbranched alkanes of at least 4 members (excludes halogenated alkanes) is 7. The summed E-state index contributed by atoms with van der Waals surface area (Å²) in [5, 5.41) is 0. The Hall–Kier alpha value is -0.570. The Kier molecular flexibility index (Phi) is 8.92. The monoisotopic (exact) mass is 255 g/mol. The van der Waals surface area contributed by atoms with E-state index in [0.717, 1.165) is 12.5 Å². The highest BCUT2D eigenvalue weighted by Crippen LogP contribution is 2.09. The molecule has 0 amide bonds. The van der Waals surface area contributed by atoms with Crippen molar-refractivity contribution in [2.24, 2.45) is 4.99 Å². The van der Waals surface area contributed by atoms with Gasteiger partial charge in [0.1, 0.15) is 12.6 Å². The topological polar surface area (TPSA) is 30.8 Å². The van der Waals surface area contributed by atoms with Gasteiger partial charge in [-0.25, -0.2) is 4.99 Å². The molecule has 0 aliphatic carbocycles. The second-order valence-corrected chi connectivity index (χ2v) is 5.16. The fourth-order valence-corrected chi connectivity index (χ4v) is 2.19. The van der Waals surface area contributed by atoms with E-state index in [2.05, 4.69) is 11.9 Å². The third-order valence-electron chi connectivity index (χ3n) is 3.30. The molecule has 106 valence electrons. The first-order valence-electron chi connectivity index (χ1n) is 7.58. The zero-order valence-corrected chi connectivity index (χ0v) is 12.1. The van der Waals surface area contributed by atoms with Gasteiger partial charge in [0.05, 0.1) is 6.61 Å². The average molecular weight is 255 g/mol. The number of aliphatic imine (C=N–C) groups is 1. The Morgan fingerprint density at radius 3 is 2.39 bits per heavy atom. The van der Waals surface area contributed by atoms with Crippen LogP contribution in [0.3, 0.4) is 0 Å². The molecule has 1 heterocycles. The van der Waals surface area contributed by atoms with Gasteiger partial charge in [-0.2, -0.15) is 0 Å². The lowest BCUT2D eigenvalue weighted by atomic mass is 10.1. The van der Waals surface area contributed by atoms with Crippen LogP contribution in [0.2, 0.25) is 0 Å². The van der Waals surface area contributed by atoms with Crippen molar-refractivity contribution in [2.45, 2.75) is 71.3 Å². The van der Waals surface area contributed by atoms with Crippen molar-refractivity contribution in [1.29, 1.82) is 0 Å². The maximum absolute atomic E-state index is 5.62. The third kappa shape index (κ3) is 7.70. The van der Waals surface area contributed by atoms with E-state index in [1.807, 2.05) is 6.92 Å². The number of hydrogen-bond acceptors (Lipinski definition) is 3. The van der Waals surface area contributed by atoms with Crippen molar-refractivity contribution < 1.29 is 9.47 Å². The Balaban J connectivity index is 1.76. The second-order valence-electron chi connectivity index (χ2n) is 5.16. The van der Waals surface area contributed by atoms with Crippen LogP contribution in [-0.4, -0.2) is 31.8 Å². The molecule has 1 aliphatic rings. The molecule has 0 fully saturated rings. The van der Waals surface area contributed by atoms with Gasteiger partial charge in [0, 0.05) is 13.5 Å². The van der Waals surface area contributed by atoms with Gasteiger partial charge in [0.15, 0.2) is 5.90 Å². The summed E-state index contributed by atoms with van der Waals surface area (Å²) in [5.74, 6) is 0.802. The summed E-state index contributed by atoms with van der Waals surface area (Å²) in [5.41, 5.74) is 0. The maximum atomic E-state index is 5.62. The van der Waals surface area contributed by atoms with Crippen molar-refractivity contribution >= 4 is 5.90 Å². The molecule has 0 saturated carbocycles. The smallest absolute Gasteiger partial charge is 0.180 e. The first-order valence-corrected chi connectivity index (χ1v) is 7.58. The summed E-state index contributed by atoms with van der Waals surface area (Å²) in [7, 11) is 0. The molecule has 0 bridgehead atoms. The maximum Gasteiger partial charge on any atom is 0.180 e. The van der Waals surface area contributed by atoms with E-state index in [-0.39, 0.29) is 6.04 Å². The summed E-state index contributed by atoms with van der Waals surface area (Å²) in [6, 6.07) is 0.235. The number of nitrogens with zero attached hydrogens (tertiary/aromatic N) is 1. The van der Waals surface area contributed by atoms with E-state index >= 15 is 0 Å². The van der Waals surface area contributed by atoms with E-state index in [4.69, 9.17) is 9.47 Å². The van der Waals surface area contributed by atoms with E-state index in [0.29, 0.717) is 13.2 Å². The van der Waals surface area contributed by atoms with Gasteiger partial charge in [-0.3, -0.25) is 0 Å². The van der Waals surface area contributed by atoms with Crippen LogP contribution in [0.4, 0.5) is 0 Å². The summed E-state index contributed by atoms with van der Waals surface area (Å²) >= 11 is 0. The second kappa shape index (κ2) is 10.4. The summed E-state index contributed by atoms with van der Waals surface area (Å²) in [6.45, 7) is 6.45. The Morgan fingerprint density at radius 1 is 1.11 bits per heavy atom. The Morgan fingerprint density at radius 2 is 1.78 bits per heavy atom. The molecule has 1 atom stereocenters. The minimum absolute atomic E-state index is 0.235. The summed E-state index contributed by atoms with van der Waals surface area (Å²) in [6.07, 6.45) is 10.8. The molecule has 18 heavy (non-hydrogen) atoms. The van der Waals surface area contributed by atoms with Gasteiger partial charge in [-0.05, 0) is 6.42 Å². The molecule has 0 aromatic rings. The molecule has 1 unspecified atom stereocenters. The van der Waals surface area contributed by atoms with Crippen LogP contribution in [-0.2, 0) is 9.47 Å². The zero-order chi connectivity index (χ0) is 13.1. The zero-order valence-electron chi connectivity index (χ0n) is 12.1. The van der Waals surface area contributed by atoms with Gasteiger partial charge in [-0.1, -0.05) is 51.9 Å². The number of ether oxygens (including phenoxy) is 2. The molecule has 0 N–H and O–H groups in total. The van der Waals surface area contributed by atoms with E-state index in [9.17, 15) is 0 Å². The minimum atomic E-state index is 0.235. The quantitative estimate of drug-likeness (QED) is 0.523. The van der Waals surface area contributed by atoms with Crippen LogP contribution in [0.15, 0.2) is 4.99 Å². The summed E-state index contributed by atoms with van der Waals surface area (Å²) in [4.78, 5) is 4.33. The Labute approximate surface area is 112 Å². The van der Waals surface area contributed by atoms with Crippen LogP contribution in [0.5, 0.6) is 0 Å². The fourth-order valence-electron chi connectivity index (χ4n) is 2.19. The number of hydrogen-bond donors (Lipinski definition) is 0. The predicted molar refractivity (Wildman–Crippen MR) is 76.3 cm³/mol. The Bertz CT molecular complexity index is 229. The van der Waals surface area contributed by atoms with Gasteiger partial charge >= 0.3 is 0 Å². The first kappa shape index (κ1) is 15.5. The molecule has 0 aromatic carbocycles.